The van der Waals surface area contributed by atoms with Gasteiger partial charge < -0.3 is 9.13 Å². The largest absolute Gasteiger partial charge is 0.415 e. The van der Waals surface area contributed by atoms with Gasteiger partial charge in [-0.05, 0) is 127 Å². The fourth-order valence-electron chi connectivity index (χ4n) is 10.4. The van der Waals surface area contributed by atoms with Crippen molar-refractivity contribution in [3.8, 4) is 55.9 Å². The lowest BCUT2D eigenvalue weighted by molar-refractivity contribution is -0.137. The second-order valence-corrected chi connectivity index (χ2v) is 17.6. The second kappa shape index (κ2) is 16.0. The molecular formula is C61H41F3N4. The van der Waals surface area contributed by atoms with E-state index >= 15 is 0 Å². The van der Waals surface area contributed by atoms with Gasteiger partial charge in [0.1, 0.15) is 0 Å². The van der Waals surface area contributed by atoms with Gasteiger partial charge in [0, 0.05) is 43.9 Å². The first-order valence-electron chi connectivity index (χ1n) is 22.4. The van der Waals surface area contributed by atoms with E-state index in [2.05, 4.69) is 144 Å². The molecule has 11 aromatic rings. The molecule has 0 radical (unpaired) electrons. The molecule has 0 aliphatic heterocycles. The summed E-state index contributed by atoms with van der Waals surface area (Å²) in [5, 5.41) is 4.10. The molecule has 0 atom stereocenters. The standard InChI is InChI=1S/C61H41F3N4/c1-36-21-26-43(38(3)31-36)40-23-29-55-49(33-40)46-13-7-9-17-53(46)67(55)57-19-11-15-48(45-28-25-42(61(62,63)64)35-52(45)66-6)59(57)60-51(65-5)16-12-20-58(60)68-54-18-10-8-14-47(54)50-34-41(24-30-56(50)68)44-27-22-37(2)32-39(44)4/h7-35H,1-4H3. The Morgan fingerprint density at radius 1 is 0.397 bits per heavy atom. The molecule has 0 unspecified atom stereocenters. The Kier molecular flexibility index (Phi) is 9.92. The van der Waals surface area contributed by atoms with Crippen molar-refractivity contribution in [3.05, 3.63) is 227 Å². The van der Waals surface area contributed by atoms with Crippen LogP contribution in [0.4, 0.5) is 24.5 Å². The van der Waals surface area contributed by atoms with E-state index in [0.717, 1.165) is 78.0 Å². The summed E-state index contributed by atoms with van der Waals surface area (Å²) >= 11 is 0. The summed E-state index contributed by atoms with van der Waals surface area (Å²) in [4.78, 5) is 7.91. The normalized spacial score (nSPS) is 11.7. The van der Waals surface area contributed by atoms with Crippen LogP contribution in [0.3, 0.4) is 0 Å². The average Bonchev–Trinajstić information content (AvgIpc) is 3.85. The number of aryl methyl sites for hydroxylation is 4. The van der Waals surface area contributed by atoms with Crippen LogP contribution >= 0.6 is 0 Å². The highest BCUT2D eigenvalue weighted by Gasteiger charge is 2.32. The number of para-hydroxylation sites is 2. The van der Waals surface area contributed by atoms with Gasteiger partial charge in [-0.15, -0.1) is 0 Å². The van der Waals surface area contributed by atoms with Crippen LogP contribution < -0.4 is 0 Å². The number of alkyl halides is 3. The van der Waals surface area contributed by atoms with Gasteiger partial charge in [-0.2, -0.15) is 13.2 Å². The van der Waals surface area contributed by atoms with Gasteiger partial charge in [-0.3, -0.25) is 0 Å². The summed E-state index contributed by atoms with van der Waals surface area (Å²) < 4.78 is 47.3. The predicted molar refractivity (Wildman–Crippen MR) is 273 cm³/mol. The highest BCUT2D eigenvalue weighted by Crippen LogP contribution is 2.50. The molecule has 0 saturated heterocycles. The van der Waals surface area contributed by atoms with E-state index in [-0.39, 0.29) is 5.69 Å². The first kappa shape index (κ1) is 42.0. The van der Waals surface area contributed by atoms with Gasteiger partial charge in [0.05, 0.1) is 40.9 Å². The predicted octanol–water partition coefficient (Wildman–Crippen LogP) is 17.9. The smallest absolute Gasteiger partial charge is 0.310 e. The van der Waals surface area contributed by atoms with Crippen molar-refractivity contribution >= 4 is 55.0 Å². The van der Waals surface area contributed by atoms with Crippen LogP contribution in [0.1, 0.15) is 27.8 Å². The monoisotopic (exact) mass is 886 g/mol. The van der Waals surface area contributed by atoms with E-state index in [1.165, 1.54) is 28.3 Å². The van der Waals surface area contributed by atoms with E-state index in [4.69, 9.17) is 13.1 Å². The van der Waals surface area contributed by atoms with E-state index in [0.29, 0.717) is 39.3 Å². The Hall–Kier alpha value is -8.65. The number of nitrogens with zero attached hydrogens (tertiary/aromatic N) is 4. The van der Waals surface area contributed by atoms with Crippen molar-refractivity contribution in [2.75, 3.05) is 0 Å². The third-order valence-electron chi connectivity index (χ3n) is 13.4. The fourth-order valence-corrected chi connectivity index (χ4v) is 10.4. The van der Waals surface area contributed by atoms with Crippen molar-refractivity contribution in [1.82, 2.24) is 9.13 Å². The summed E-state index contributed by atoms with van der Waals surface area (Å²) in [6.45, 7) is 25.5. The molecule has 0 saturated carbocycles. The highest BCUT2D eigenvalue weighted by atomic mass is 19.4. The van der Waals surface area contributed by atoms with Gasteiger partial charge in [-0.1, -0.05) is 132 Å². The third kappa shape index (κ3) is 6.74. The van der Waals surface area contributed by atoms with E-state index in [1.54, 1.807) is 6.07 Å². The number of benzene rings is 9. The summed E-state index contributed by atoms with van der Waals surface area (Å²) in [5.74, 6) is 0. The lowest BCUT2D eigenvalue weighted by atomic mass is 9.89. The maximum atomic E-state index is 14.3. The minimum Gasteiger partial charge on any atom is -0.310 e. The van der Waals surface area contributed by atoms with Crippen LogP contribution in [0, 0.1) is 40.8 Å². The molecule has 7 heteroatoms. The Morgan fingerprint density at radius 3 is 1.40 bits per heavy atom. The minimum absolute atomic E-state index is 0.142. The first-order chi connectivity index (χ1) is 32.9. The molecule has 0 fully saturated rings. The molecule has 0 spiro atoms. The molecule has 326 valence electrons. The second-order valence-electron chi connectivity index (χ2n) is 17.6. The number of fused-ring (bicyclic) bond motifs is 6. The SMILES string of the molecule is [C-]#[N+]c1cc(C(F)(F)F)ccc1-c1cccc(-n2c3ccccc3c3cc(-c4ccc(C)cc4C)ccc32)c1-c1c([N+]#[C-])cccc1-n1c2ccccc2c2cc(-c3ccc(C)cc3C)ccc21. The van der Waals surface area contributed by atoms with Crippen molar-refractivity contribution in [2.45, 2.75) is 33.9 Å². The molecule has 0 bridgehead atoms. The van der Waals surface area contributed by atoms with E-state index in [9.17, 15) is 13.2 Å². The molecule has 11 rings (SSSR count). The van der Waals surface area contributed by atoms with Crippen LogP contribution in [0.25, 0.3) is 109 Å². The molecule has 0 amide bonds. The van der Waals surface area contributed by atoms with Gasteiger partial charge >= 0.3 is 6.18 Å². The zero-order chi connectivity index (χ0) is 47.0. The van der Waals surface area contributed by atoms with Gasteiger partial charge in [0.2, 0.25) is 0 Å². The maximum absolute atomic E-state index is 14.3. The zero-order valence-electron chi connectivity index (χ0n) is 37.7. The first-order valence-corrected chi connectivity index (χ1v) is 22.4. The van der Waals surface area contributed by atoms with Gasteiger partial charge in [0.15, 0.2) is 11.4 Å². The minimum atomic E-state index is -4.65. The lowest BCUT2D eigenvalue weighted by Gasteiger charge is -2.23. The van der Waals surface area contributed by atoms with E-state index < -0.39 is 11.7 Å². The molecule has 0 aliphatic carbocycles. The number of hydrogen-bond acceptors (Lipinski definition) is 0. The summed E-state index contributed by atoms with van der Waals surface area (Å²) in [6, 6.07) is 57.2. The zero-order valence-corrected chi connectivity index (χ0v) is 37.7. The molecule has 4 nitrogen and oxygen atoms in total. The van der Waals surface area contributed by atoms with Crippen LogP contribution in [0.2, 0.25) is 0 Å². The molecule has 2 aromatic heterocycles. The molecule has 0 N–H and O–H groups in total. The Labute approximate surface area is 392 Å². The Bertz CT molecular complexity index is 3980. The number of rotatable bonds is 6. The van der Waals surface area contributed by atoms with Crippen LogP contribution in [0.5, 0.6) is 0 Å². The Balaban J connectivity index is 1.26. The summed E-state index contributed by atoms with van der Waals surface area (Å²) in [7, 11) is 0. The van der Waals surface area contributed by atoms with Crippen LogP contribution in [0.15, 0.2) is 176 Å². The lowest BCUT2D eigenvalue weighted by Crippen LogP contribution is -2.05. The van der Waals surface area contributed by atoms with Gasteiger partial charge in [0.25, 0.3) is 0 Å². The number of hydrogen-bond donors (Lipinski definition) is 0. The van der Waals surface area contributed by atoms with Crippen molar-refractivity contribution in [3.63, 3.8) is 0 Å². The van der Waals surface area contributed by atoms with Crippen molar-refractivity contribution in [2.24, 2.45) is 0 Å². The van der Waals surface area contributed by atoms with Crippen LogP contribution in [-0.4, -0.2) is 9.13 Å². The maximum Gasteiger partial charge on any atom is 0.415 e. The quantitative estimate of drug-likeness (QED) is 0.148. The van der Waals surface area contributed by atoms with Crippen molar-refractivity contribution in [1.29, 1.82) is 0 Å². The average molecular weight is 887 g/mol. The number of aromatic nitrogens is 2. The molecular weight excluding hydrogens is 846 g/mol. The third-order valence-corrected chi connectivity index (χ3v) is 13.4. The fraction of sp³-hybridized carbons (Fsp3) is 0.0820. The number of halogens is 3. The molecule has 0 aliphatic rings. The van der Waals surface area contributed by atoms with Crippen molar-refractivity contribution < 1.29 is 13.2 Å². The highest BCUT2D eigenvalue weighted by molar-refractivity contribution is 6.14. The summed E-state index contributed by atoms with van der Waals surface area (Å²) in [6.07, 6.45) is -4.65. The van der Waals surface area contributed by atoms with Crippen LogP contribution in [-0.2, 0) is 6.18 Å². The van der Waals surface area contributed by atoms with Gasteiger partial charge in [-0.25, -0.2) is 9.69 Å². The Morgan fingerprint density at radius 2 is 0.882 bits per heavy atom. The van der Waals surface area contributed by atoms with E-state index in [1.807, 2.05) is 54.6 Å². The topological polar surface area (TPSA) is 18.6 Å². The molecule has 68 heavy (non-hydrogen) atoms. The molecule has 2 heterocycles. The summed E-state index contributed by atoms with van der Waals surface area (Å²) in [5.41, 5.74) is 15.6. The molecule has 9 aromatic carbocycles.